The van der Waals surface area contributed by atoms with E-state index in [1.54, 1.807) is 31.4 Å². The van der Waals surface area contributed by atoms with Crippen LogP contribution >= 0.6 is 0 Å². The van der Waals surface area contributed by atoms with Crippen LogP contribution in [-0.4, -0.2) is 74.1 Å². The number of hydrogen-bond acceptors (Lipinski definition) is 7. The van der Waals surface area contributed by atoms with Crippen molar-refractivity contribution in [3.63, 3.8) is 0 Å². The zero-order valence-electron chi connectivity index (χ0n) is 18.0. The summed E-state index contributed by atoms with van der Waals surface area (Å²) in [6.45, 7) is 4.77. The van der Waals surface area contributed by atoms with Gasteiger partial charge in [-0.1, -0.05) is 24.8 Å². The SMILES string of the molecule is C=C1CO[C@@H](CC[C@@H]2C[C@@H](OC)C(C3C[C@@H](O)[C@@H](OC(=O)c4ccccc4)CO3)O2)C1. The third kappa shape index (κ3) is 5.54. The van der Waals surface area contributed by atoms with Crippen LogP contribution in [0.5, 0.6) is 0 Å². The van der Waals surface area contributed by atoms with Crippen molar-refractivity contribution in [2.24, 2.45) is 0 Å². The van der Waals surface area contributed by atoms with E-state index in [1.807, 2.05) is 6.07 Å². The Balaban J connectivity index is 1.27. The largest absolute Gasteiger partial charge is 0.454 e. The van der Waals surface area contributed by atoms with E-state index < -0.39 is 18.2 Å². The number of rotatable bonds is 7. The van der Waals surface area contributed by atoms with E-state index in [4.69, 9.17) is 23.7 Å². The number of ether oxygens (including phenoxy) is 5. The molecule has 170 valence electrons. The Kier molecular flexibility index (Phi) is 7.40. The smallest absolute Gasteiger partial charge is 0.338 e. The van der Waals surface area contributed by atoms with Gasteiger partial charge in [0, 0.05) is 20.0 Å². The van der Waals surface area contributed by atoms with Gasteiger partial charge < -0.3 is 28.8 Å². The van der Waals surface area contributed by atoms with Crippen LogP contribution in [0.1, 0.15) is 42.5 Å². The molecule has 3 fully saturated rings. The highest BCUT2D eigenvalue weighted by Gasteiger charge is 2.45. The van der Waals surface area contributed by atoms with E-state index in [9.17, 15) is 9.90 Å². The van der Waals surface area contributed by atoms with E-state index in [-0.39, 0.29) is 37.1 Å². The Labute approximate surface area is 183 Å². The number of esters is 1. The van der Waals surface area contributed by atoms with Crippen LogP contribution in [0.2, 0.25) is 0 Å². The summed E-state index contributed by atoms with van der Waals surface area (Å²) in [5.74, 6) is -0.463. The summed E-state index contributed by atoms with van der Waals surface area (Å²) in [4.78, 5) is 12.3. The molecule has 4 rings (SSSR count). The Morgan fingerprint density at radius 2 is 1.90 bits per heavy atom. The van der Waals surface area contributed by atoms with E-state index in [2.05, 4.69) is 6.58 Å². The minimum atomic E-state index is -0.815. The molecule has 0 radical (unpaired) electrons. The number of methoxy groups -OCH3 is 1. The zero-order chi connectivity index (χ0) is 21.8. The maximum Gasteiger partial charge on any atom is 0.338 e. The molecule has 7 nitrogen and oxygen atoms in total. The summed E-state index contributed by atoms with van der Waals surface area (Å²) >= 11 is 0. The summed E-state index contributed by atoms with van der Waals surface area (Å²) in [5, 5.41) is 10.6. The molecule has 3 heterocycles. The first-order valence-electron chi connectivity index (χ1n) is 11.1. The van der Waals surface area contributed by atoms with Crippen molar-refractivity contribution in [1.82, 2.24) is 0 Å². The van der Waals surface area contributed by atoms with Crippen LogP contribution in [0.15, 0.2) is 42.5 Å². The van der Waals surface area contributed by atoms with E-state index >= 15 is 0 Å². The second kappa shape index (κ2) is 10.2. The minimum absolute atomic E-state index is 0.0711. The van der Waals surface area contributed by atoms with Crippen molar-refractivity contribution in [1.29, 1.82) is 0 Å². The molecule has 0 bridgehead atoms. The van der Waals surface area contributed by atoms with E-state index in [0.717, 1.165) is 31.3 Å². The number of aliphatic hydroxyl groups is 1. The van der Waals surface area contributed by atoms with Gasteiger partial charge in [-0.2, -0.15) is 0 Å². The molecule has 1 aromatic rings. The van der Waals surface area contributed by atoms with Gasteiger partial charge in [0.1, 0.15) is 6.10 Å². The molecule has 0 aromatic heterocycles. The van der Waals surface area contributed by atoms with Crippen molar-refractivity contribution in [2.45, 2.75) is 74.8 Å². The fourth-order valence-electron chi connectivity index (χ4n) is 4.64. The lowest BCUT2D eigenvalue weighted by Gasteiger charge is -2.36. The third-order valence-corrected chi connectivity index (χ3v) is 6.38. The van der Waals surface area contributed by atoms with Gasteiger partial charge in [-0.05, 0) is 37.0 Å². The second-order valence-corrected chi connectivity index (χ2v) is 8.68. The third-order valence-electron chi connectivity index (χ3n) is 6.38. The lowest BCUT2D eigenvalue weighted by molar-refractivity contribution is -0.173. The quantitative estimate of drug-likeness (QED) is 0.524. The Hall–Kier alpha value is -1.77. The van der Waals surface area contributed by atoms with Gasteiger partial charge in [-0.3, -0.25) is 0 Å². The first kappa shape index (κ1) is 22.4. The average Bonchev–Trinajstić information content (AvgIpc) is 3.40. The second-order valence-electron chi connectivity index (χ2n) is 8.68. The fraction of sp³-hybridized carbons (Fsp3) is 0.625. The standard InChI is InChI=1S/C24H32O7/c1-15-10-17(28-13-15)8-9-18-11-20(27-2)23(30-18)21-12-19(25)22(14-29-21)31-24(26)16-6-4-3-5-7-16/h3-7,17-23,25H,1,8-14H2,2H3/t17-,18+,19+,20+,21?,22-,23?/m0/s1. The van der Waals surface area contributed by atoms with Gasteiger partial charge in [0.15, 0.2) is 6.10 Å². The Morgan fingerprint density at radius 1 is 1.13 bits per heavy atom. The maximum absolute atomic E-state index is 12.3. The molecule has 3 saturated heterocycles. The zero-order valence-corrected chi connectivity index (χ0v) is 18.0. The monoisotopic (exact) mass is 432 g/mol. The maximum atomic E-state index is 12.3. The molecular formula is C24H32O7. The number of aliphatic hydroxyl groups excluding tert-OH is 1. The van der Waals surface area contributed by atoms with Crippen molar-refractivity contribution >= 4 is 5.97 Å². The van der Waals surface area contributed by atoms with Gasteiger partial charge in [-0.25, -0.2) is 4.79 Å². The van der Waals surface area contributed by atoms with E-state index in [0.29, 0.717) is 18.6 Å². The number of hydrogen-bond donors (Lipinski definition) is 1. The van der Waals surface area contributed by atoms with Crippen LogP contribution in [0.25, 0.3) is 0 Å². The summed E-state index contributed by atoms with van der Waals surface area (Å²) in [5.41, 5.74) is 1.60. The number of carbonyl (C=O) groups excluding carboxylic acids is 1. The Bertz CT molecular complexity index is 752. The van der Waals surface area contributed by atoms with Crippen LogP contribution in [-0.2, 0) is 23.7 Å². The van der Waals surface area contributed by atoms with Crippen LogP contribution in [0, 0.1) is 0 Å². The molecule has 0 amide bonds. The summed E-state index contributed by atoms with van der Waals surface area (Å²) in [6.07, 6.45) is 1.99. The van der Waals surface area contributed by atoms with Crippen molar-refractivity contribution in [3.8, 4) is 0 Å². The van der Waals surface area contributed by atoms with Gasteiger partial charge in [-0.15, -0.1) is 0 Å². The molecule has 31 heavy (non-hydrogen) atoms. The summed E-state index contributed by atoms with van der Waals surface area (Å²) in [6, 6.07) is 8.74. The predicted molar refractivity (Wildman–Crippen MR) is 113 cm³/mol. The van der Waals surface area contributed by atoms with Gasteiger partial charge in [0.25, 0.3) is 0 Å². The number of carbonyl (C=O) groups is 1. The van der Waals surface area contributed by atoms with Crippen LogP contribution in [0.3, 0.4) is 0 Å². The van der Waals surface area contributed by atoms with Gasteiger partial charge >= 0.3 is 5.97 Å². The molecule has 2 unspecified atom stereocenters. The summed E-state index contributed by atoms with van der Waals surface area (Å²) in [7, 11) is 1.68. The normalized spacial score (nSPS) is 35.9. The first-order chi connectivity index (χ1) is 15.0. The lowest BCUT2D eigenvalue weighted by Crippen LogP contribution is -2.50. The highest BCUT2D eigenvalue weighted by Crippen LogP contribution is 2.34. The van der Waals surface area contributed by atoms with E-state index in [1.165, 1.54) is 0 Å². The molecule has 3 aliphatic heterocycles. The van der Waals surface area contributed by atoms with Gasteiger partial charge in [0.2, 0.25) is 0 Å². The molecule has 7 atom stereocenters. The van der Waals surface area contributed by atoms with Gasteiger partial charge in [0.05, 0.1) is 49.3 Å². The Morgan fingerprint density at radius 3 is 2.58 bits per heavy atom. The lowest BCUT2D eigenvalue weighted by atomic mass is 9.96. The predicted octanol–water partition coefficient (Wildman–Crippen LogP) is 2.66. The average molecular weight is 433 g/mol. The molecule has 0 saturated carbocycles. The molecule has 1 aromatic carbocycles. The molecule has 0 aliphatic carbocycles. The molecule has 7 heteroatoms. The topological polar surface area (TPSA) is 83.5 Å². The highest BCUT2D eigenvalue weighted by molar-refractivity contribution is 5.89. The molecule has 3 aliphatic rings. The molecule has 1 N–H and O–H groups in total. The van der Waals surface area contributed by atoms with Crippen LogP contribution in [0.4, 0.5) is 0 Å². The van der Waals surface area contributed by atoms with Crippen LogP contribution < -0.4 is 0 Å². The fourth-order valence-corrected chi connectivity index (χ4v) is 4.64. The minimum Gasteiger partial charge on any atom is -0.454 e. The van der Waals surface area contributed by atoms with Crippen molar-refractivity contribution < 1.29 is 33.6 Å². The number of benzene rings is 1. The first-order valence-corrected chi connectivity index (χ1v) is 11.1. The molecular weight excluding hydrogens is 400 g/mol. The summed E-state index contributed by atoms with van der Waals surface area (Å²) < 4.78 is 29.1. The van der Waals surface area contributed by atoms with Crippen molar-refractivity contribution in [2.75, 3.05) is 20.3 Å². The van der Waals surface area contributed by atoms with Crippen molar-refractivity contribution in [3.05, 3.63) is 48.0 Å². The highest BCUT2D eigenvalue weighted by atomic mass is 16.6. The molecule has 0 spiro atoms.